The summed E-state index contributed by atoms with van der Waals surface area (Å²) >= 11 is 0. The summed E-state index contributed by atoms with van der Waals surface area (Å²) in [5, 5.41) is 6.35. The van der Waals surface area contributed by atoms with Crippen LogP contribution in [0.1, 0.15) is 46.9 Å². The van der Waals surface area contributed by atoms with Crippen LogP contribution < -0.4 is 10.6 Å². The van der Waals surface area contributed by atoms with Crippen molar-refractivity contribution in [3.05, 3.63) is 83.4 Å². The van der Waals surface area contributed by atoms with Gasteiger partial charge in [0.1, 0.15) is 5.69 Å². The average Bonchev–Trinajstić information content (AvgIpc) is 2.68. The molecule has 0 fully saturated rings. The summed E-state index contributed by atoms with van der Waals surface area (Å²) in [6.45, 7) is 6.89. The van der Waals surface area contributed by atoms with Crippen LogP contribution in [0.3, 0.4) is 0 Å². The van der Waals surface area contributed by atoms with Crippen molar-refractivity contribution in [2.45, 2.75) is 33.2 Å². The van der Waals surface area contributed by atoms with Gasteiger partial charge in [-0.1, -0.05) is 32.0 Å². The molecule has 27 heavy (non-hydrogen) atoms. The van der Waals surface area contributed by atoms with Gasteiger partial charge in [0.15, 0.2) is 0 Å². The van der Waals surface area contributed by atoms with Crippen LogP contribution in [0.4, 0.5) is 11.4 Å². The van der Waals surface area contributed by atoms with E-state index in [0.717, 1.165) is 28.1 Å². The second kappa shape index (κ2) is 8.45. The molecule has 1 amide bonds. The Hall–Kier alpha value is -3.21. The van der Waals surface area contributed by atoms with Gasteiger partial charge in [0.05, 0.1) is 0 Å². The number of pyridine rings is 2. The largest absolute Gasteiger partial charge is 0.381 e. The highest BCUT2D eigenvalue weighted by Crippen LogP contribution is 2.27. The Kier molecular flexibility index (Phi) is 5.81. The summed E-state index contributed by atoms with van der Waals surface area (Å²) in [5.41, 5.74) is 5.38. The zero-order chi connectivity index (χ0) is 19.2. The van der Waals surface area contributed by atoms with Gasteiger partial charge in [0, 0.05) is 36.5 Å². The second-order valence-corrected chi connectivity index (χ2v) is 6.79. The molecule has 5 nitrogen and oxygen atoms in total. The molecular weight excluding hydrogens is 336 g/mol. The van der Waals surface area contributed by atoms with E-state index in [1.807, 2.05) is 43.3 Å². The Morgan fingerprint density at radius 1 is 1.07 bits per heavy atom. The number of para-hydroxylation sites is 1. The number of carbonyl (C=O) groups is 1. The van der Waals surface area contributed by atoms with E-state index < -0.39 is 0 Å². The lowest BCUT2D eigenvalue weighted by molar-refractivity contribution is 0.102. The normalized spacial score (nSPS) is 10.7. The Morgan fingerprint density at radius 3 is 2.59 bits per heavy atom. The third kappa shape index (κ3) is 4.70. The highest BCUT2D eigenvalue weighted by atomic mass is 16.1. The minimum atomic E-state index is -0.209. The van der Waals surface area contributed by atoms with Crippen molar-refractivity contribution < 1.29 is 4.79 Å². The quantitative estimate of drug-likeness (QED) is 0.664. The second-order valence-electron chi connectivity index (χ2n) is 6.79. The molecule has 1 aromatic carbocycles. The van der Waals surface area contributed by atoms with E-state index >= 15 is 0 Å². The van der Waals surface area contributed by atoms with Crippen molar-refractivity contribution in [2.75, 3.05) is 10.6 Å². The van der Waals surface area contributed by atoms with Crippen LogP contribution in [-0.4, -0.2) is 15.9 Å². The lowest BCUT2D eigenvalue weighted by Crippen LogP contribution is -2.16. The molecule has 3 aromatic rings. The fourth-order valence-electron chi connectivity index (χ4n) is 2.89. The molecule has 2 N–H and O–H groups in total. The minimum Gasteiger partial charge on any atom is -0.381 e. The molecule has 3 rings (SSSR count). The van der Waals surface area contributed by atoms with Crippen molar-refractivity contribution in [3.8, 4) is 0 Å². The number of carbonyl (C=O) groups excluding carboxylic acids is 1. The third-order valence-corrected chi connectivity index (χ3v) is 4.40. The van der Waals surface area contributed by atoms with E-state index in [0.29, 0.717) is 18.2 Å². The van der Waals surface area contributed by atoms with Crippen molar-refractivity contribution in [1.29, 1.82) is 0 Å². The number of aromatic nitrogens is 2. The van der Waals surface area contributed by atoms with E-state index in [9.17, 15) is 4.79 Å². The molecule has 0 aliphatic rings. The first-order chi connectivity index (χ1) is 13.0. The molecule has 0 bridgehead atoms. The molecule has 5 heteroatoms. The van der Waals surface area contributed by atoms with Crippen LogP contribution in [0, 0.1) is 6.92 Å². The number of hydrogen-bond acceptors (Lipinski definition) is 4. The number of benzene rings is 1. The zero-order valence-corrected chi connectivity index (χ0v) is 15.9. The molecule has 0 atom stereocenters. The molecule has 0 saturated carbocycles. The maximum Gasteiger partial charge on any atom is 0.274 e. The highest BCUT2D eigenvalue weighted by Gasteiger charge is 2.14. The highest BCUT2D eigenvalue weighted by molar-refractivity contribution is 6.04. The molecule has 0 aliphatic carbocycles. The van der Waals surface area contributed by atoms with E-state index in [4.69, 9.17) is 0 Å². The summed E-state index contributed by atoms with van der Waals surface area (Å²) < 4.78 is 0. The standard InChI is InChI=1S/C22H24N4O/c1-15(2)19-6-4-5-16(3)21(19)26-22(27)20-13-18(9-12-24-20)25-14-17-7-10-23-11-8-17/h4-13,15H,14H2,1-3H3,(H,24,25)(H,26,27). The minimum absolute atomic E-state index is 0.209. The van der Waals surface area contributed by atoms with Gasteiger partial charge in [-0.15, -0.1) is 0 Å². The molecule has 0 spiro atoms. The molecule has 0 aliphatic heterocycles. The van der Waals surface area contributed by atoms with Crippen LogP contribution >= 0.6 is 0 Å². The van der Waals surface area contributed by atoms with Gasteiger partial charge in [-0.25, -0.2) is 0 Å². The van der Waals surface area contributed by atoms with Gasteiger partial charge in [-0.05, 0) is 53.8 Å². The molecule has 138 valence electrons. The first kappa shape index (κ1) is 18.6. The first-order valence-electron chi connectivity index (χ1n) is 9.04. The van der Waals surface area contributed by atoms with Crippen molar-refractivity contribution >= 4 is 17.3 Å². The molecular formula is C22H24N4O. The summed E-state index contributed by atoms with van der Waals surface area (Å²) in [6, 6.07) is 13.6. The van der Waals surface area contributed by atoms with Gasteiger partial charge in [-0.2, -0.15) is 0 Å². The van der Waals surface area contributed by atoms with Crippen LogP contribution in [-0.2, 0) is 6.54 Å². The molecule has 0 unspecified atom stereocenters. The number of nitrogens with zero attached hydrogens (tertiary/aromatic N) is 2. The smallest absolute Gasteiger partial charge is 0.274 e. The van der Waals surface area contributed by atoms with Crippen LogP contribution in [0.15, 0.2) is 61.1 Å². The fraction of sp³-hybridized carbons (Fsp3) is 0.227. The van der Waals surface area contributed by atoms with E-state index in [1.165, 1.54) is 0 Å². The van der Waals surface area contributed by atoms with Gasteiger partial charge in [0.25, 0.3) is 5.91 Å². The number of nitrogens with one attached hydrogen (secondary N) is 2. The topological polar surface area (TPSA) is 66.9 Å². The van der Waals surface area contributed by atoms with E-state index in [2.05, 4.69) is 34.4 Å². The first-order valence-corrected chi connectivity index (χ1v) is 9.04. The Balaban J connectivity index is 1.74. The average molecular weight is 360 g/mol. The van der Waals surface area contributed by atoms with Gasteiger partial charge < -0.3 is 10.6 Å². The Labute approximate surface area is 159 Å². The summed E-state index contributed by atoms with van der Waals surface area (Å²) in [4.78, 5) is 21.0. The Morgan fingerprint density at radius 2 is 1.85 bits per heavy atom. The van der Waals surface area contributed by atoms with Crippen LogP contribution in [0.2, 0.25) is 0 Å². The number of hydrogen-bond donors (Lipinski definition) is 2. The molecule has 0 radical (unpaired) electrons. The summed E-state index contributed by atoms with van der Waals surface area (Å²) in [5.74, 6) is 0.111. The number of aryl methyl sites for hydroxylation is 1. The monoisotopic (exact) mass is 360 g/mol. The predicted molar refractivity (Wildman–Crippen MR) is 109 cm³/mol. The van der Waals surface area contributed by atoms with Crippen LogP contribution in [0.25, 0.3) is 0 Å². The third-order valence-electron chi connectivity index (χ3n) is 4.40. The lowest BCUT2D eigenvalue weighted by Gasteiger charge is -2.16. The predicted octanol–water partition coefficient (Wildman–Crippen LogP) is 4.77. The maximum atomic E-state index is 12.8. The van der Waals surface area contributed by atoms with Crippen molar-refractivity contribution in [2.24, 2.45) is 0 Å². The fourth-order valence-corrected chi connectivity index (χ4v) is 2.89. The number of amides is 1. The summed E-state index contributed by atoms with van der Waals surface area (Å²) in [6.07, 6.45) is 5.17. The van der Waals surface area contributed by atoms with E-state index in [-0.39, 0.29) is 5.91 Å². The summed E-state index contributed by atoms with van der Waals surface area (Å²) in [7, 11) is 0. The Bertz CT molecular complexity index is 923. The van der Waals surface area contributed by atoms with Gasteiger partial charge in [-0.3, -0.25) is 14.8 Å². The SMILES string of the molecule is Cc1cccc(C(C)C)c1NC(=O)c1cc(NCc2ccncc2)ccn1. The van der Waals surface area contributed by atoms with Gasteiger partial charge in [0.2, 0.25) is 0 Å². The maximum absolute atomic E-state index is 12.8. The van der Waals surface area contributed by atoms with Crippen LogP contribution in [0.5, 0.6) is 0 Å². The van der Waals surface area contributed by atoms with Gasteiger partial charge >= 0.3 is 0 Å². The van der Waals surface area contributed by atoms with Crippen molar-refractivity contribution in [1.82, 2.24) is 9.97 Å². The number of rotatable bonds is 6. The molecule has 0 saturated heterocycles. The van der Waals surface area contributed by atoms with E-state index in [1.54, 1.807) is 24.7 Å². The zero-order valence-electron chi connectivity index (χ0n) is 15.9. The molecule has 2 aromatic heterocycles. The lowest BCUT2D eigenvalue weighted by atomic mass is 9.98. The number of anilines is 2. The van der Waals surface area contributed by atoms with Crippen molar-refractivity contribution in [3.63, 3.8) is 0 Å². The molecule has 2 heterocycles.